The summed E-state index contributed by atoms with van der Waals surface area (Å²) in [4.78, 5) is 25.7. The second-order valence-electron chi connectivity index (χ2n) is 17.6. The third-order valence-corrected chi connectivity index (χ3v) is 12.0. The maximum atomic E-state index is 13.0. The number of allylic oxidation sites excluding steroid dienone is 2. The van der Waals surface area contributed by atoms with Gasteiger partial charge in [0.15, 0.2) is 18.7 Å². The molecule has 7 N–H and O–H groups in total. The van der Waals surface area contributed by atoms with Crippen molar-refractivity contribution in [3.05, 3.63) is 12.2 Å². The zero-order valence-electron chi connectivity index (χ0n) is 38.8. The van der Waals surface area contributed by atoms with Crippen LogP contribution >= 0.6 is 0 Å². The lowest BCUT2D eigenvalue weighted by molar-refractivity contribution is -0.332. The second-order valence-corrected chi connectivity index (χ2v) is 17.6. The van der Waals surface area contributed by atoms with Crippen LogP contribution in [0.15, 0.2) is 12.2 Å². The van der Waals surface area contributed by atoms with Gasteiger partial charge >= 0.3 is 11.9 Å². The molecule has 0 aromatic rings. The molecule has 0 radical (unpaired) electrons. The van der Waals surface area contributed by atoms with E-state index in [9.17, 15) is 45.3 Å². The molecule has 0 aromatic carbocycles. The number of aliphatic hydroxyl groups excluding tert-OH is 7. The van der Waals surface area contributed by atoms with E-state index in [0.717, 1.165) is 44.9 Å². The number of ether oxygens (including phenoxy) is 6. The molecule has 0 saturated carbocycles. The van der Waals surface area contributed by atoms with Gasteiger partial charge in [0.2, 0.25) is 0 Å². The van der Waals surface area contributed by atoms with Crippen LogP contribution in [-0.4, -0.2) is 142 Å². The Hall–Kier alpha value is -1.76. The minimum atomic E-state index is -1.76. The first-order valence-electron chi connectivity index (χ1n) is 24.8. The Balaban J connectivity index is 1.83. The van der Waals surface area contributed by atoms with Crippen LogP contribution in [0.25, 0.3) is 0 Å². The van der Waals surface area contributed by atoms with Crippen molar-refractivity contribution in [2.75, 3.05) is 26.4 Å². The standard InChI is InChI=1S/C48H88O15/c1-3-5-7-9-11-13-15-17-18-19-21-23-25-27-29-31-40(51)61-36(33-58-39(50)30-28-26-24-22-20-16-14-12-10-8-6-4-2)34-59-47-46(57)44(55)42(53)38(63-47)35-60-48-45(56)43(54)41(52)37(32-49)62-48/h19,21,36-38,41-49,52-57H,3-18,20,22-35H2,1-2H3/b21-19+/t36-,37-,38-,41+,42+,43?,44?,45?,46?,47-,48-/m1/s1. The third-order valence-electron chi connectivity index (χ3n) is 12.0. The van der Waals surface area contributed by atoms with Crippen molar-refractivity contribution in [2.45, 2.75) is 255 Å². The number of esters is 2. The van der Waals surface area contributed by atoms with Crippen molar-refractivity contribution < 1.29 is 73.8 Å². The van der Waals surface area contributed by atoms with Gasteiger partial charge in [0.1, 0.15) is 55.4 Å². The molecule has 0 amide bonds. The van der Waals surface area contributed by atoms with Crippen molar-refractivity contribution in [1.82, 2.24) is 0 Å². The molecular weight excluding hydrogens is 817 g/mol. The van der Waals surface area contributed by atoms with Crippen LogP contribution in [0.4, 0.5) is 0 Å². The molecule has 63 heavy (non-hydrogen) atoms. The minimum Gasteiger partial charge on any atom is -0.462 e. The topological polar surface area (TPSA) is 231 Å². The first-order chi connectivity index (χ1) is 30.5. The molecule has 4 unspecified atom stereocenters. The van der Waals surface area contributed by atoms with Gasteiger partial charge in [-0.25, -0.2) is 0 Å². The first kappa shape index (κ1) is 57.4. The summed E-state index contributed by atoms with van der Waals surface area (Å²) in [6.45, 7) is 2.57. The molecule has 2 aliphatic rings. The van der Waals surface area contributed by atoms with Crippen LogP contribution in [0.3, 0.4) is 0 Å². The summed E-state index contributed by atoms with van der Waals surface area (Å²) in [5.41, 5.74) is 0. The molecule has 15 heteroatoms. The number of hydrogen-bond acceptors (Lipinski definition) is 15. The van der Waals surface area contributed by atoms with E-state index in [4.69, 9.17) is 28.4 Å². The van der Waals surface area contributed by atoms with Crippen molar-refractivity contribution in [1.29, 1.82) is 0 Å². The Labute approximate surface area is 378 Å². The molecule has 370 valence electrons. The number of hydrogen-bond donors (Lipinski definition) is 7. The van der Waals surface area contributed by atoms with Gasteiger partial charge in [0.25, 0.3) is 0 Å². The first-order valence-corrected chi connectivity index (χ1v) is 24.8. The van der Waals surface area contributed by atoms with Crippen LogP contribution in [0.2, 0.25) is 0 Å². The average molecular weight is 905 g/mol. The summed E-state index contributed by atoms with van der Waals surface area (Å²) in [6.07, 6.45) is 16.8. The van der Waals surface area contributed by atoms with E-state index in [1.165, 1.54) is 103 Å². The van der Waals surface area contributed by atoms with Gasteiger partial charge < -0.3 is 64.2 Å². The molecule has 2 rings (SSSR count). The molecule has 2 fully saturated rings. The van der Waals surface area contributed by atoms with E-state index in [0.29, 0.717) is 12.8 Å². The summed E-state index contributed by atoms with van der Waals surface area (Å²) in [6, 6.07) is 0. The van der Waals surface area contributed by atoms with E-state index in [1.807, 2.05) is 0 Å². The Kier molecular flexibility index (Phi) is 33.1. The molecule has 0 aromatic heterocycles. The molecule has 0 spiro atoms. The molecule has 2 heterocycles. The van der Waals surface area contributed by atoms with E-state index >= 15 is 0 Å². The normalized spacial score (nSPS) is 26.9. The quantitative estimate of drug-likeness (QED) is 0.0208. The maximum Gasteiger partial charge on any atom is 0.306 e. The zero-order valence-corrected chi connectivity index (χ0v) is 38.8. The van der Waals surface area contributed by atoms with Gasteiger partial charge in [-0.2, -0.15) is 0 Å². The maximum absolute atomic E-state index is 13.0. The van der Waals surface area contributed by atoms with Crippen LogP contribution in [0, 0.1) is 0 Å². The average Bonchev–Trinajstić information content (AvgIpc) is 3.28. The van der Waals surface area contributed by atoms with E-state index in [2.05, 4.69) is 26.0 Å². The highest BCUT2D eigenvalue weighted by molar-refractivity contribution is 5.70. The highest BCUT2D eigenvalue weighted by Gasteiger charge is 2.47. The number of unbranched alkanes of at least 4 members (excludes halogenated alkanes) is 22. The Morgan fingerprint density at radius 2 is 0.905 bits per heavy atom. The lowest BCUT2D eigenvalue weighted by Crippen LogP contribution is -2.61. The third kappa shape index (κ3) is 25.1. The monoisotopic (exact) mass is 905 g/mol. The molecular formula is C48H88O15. The number of carbonyl (C=O) groups excluding carboxylic acids is 2. The second kappa shape index (κ2) is 36.4. The highest BCUT2D eigenvalue weighted by atomic mass is 16.7. The van der Waals surface area contributed by atoms with Crippen molar-refractivity contribution >= 4 is 11.9 Å². The van der Waals surface area contributed by atoms with Gasteiger partial charge in [0, 0.05) is 12.8 Å². The summed E-state index contributed by atoms with van der Waals surface area (Å²) >= 11 is 0. The summed E-state index contributed by atoms with van der Waals surface area (Å²) < 4.78 is 33.5. The smallest absolute Gasteiger partial charge is 0.306 e. The fourth-order valence-electron chi connectivity index (χ4n) is 7.86. The van der Waals surface area contributed by atoms with Crippen molar-refractivity contribution in [3.8, 4) is 0 Å². The molecule has 11 atom stereocenters. The van der Waals surface area contributed by atoms with Gasteiger partial charge in [-0.3, -0.25) is 9.59 Å². The largest absolute Gasteiger partial charge is 0.462 e. The summed E-state index contributed by atoms with van der Waals surface area (Å²) in [5.74, 6) is -0.936. The minimum absolute atomic E-state index is 0.149. The van der Waals surface area contributed by atoms with E-state index < -0.39 is 92.7 Å². The van der Waals surface area contributed by atoms with Crippen LogP contribution in [-0.2, 0) is 38.0 Å². The SMILES string of the molecule is CCCCCCCCCC/C=C/CCCCCC(=O)O[C@H](COC(=O)CCCCCCCCCCCCCC)CO[C@@H]1O[C@H](CO[C@@H]2O[C@H](CO)[C@H](O)C(O)C2O)[C@H](O)C(O)C1O. The Bertz CT molecular complexity index is 1160. The number of rotatable bonds is 38. The fourth-order valence-corrected chi connectivity index (χ4v) is 7.86. The van der Waals surface area contributed by atoms with Crippen molar-refractivity contribution in [2.24, 2.45) is 0 Å². The van der Waals surface area contributed by atoms with Gasteiger partial charge in [-0.15, -0.1) is 0 Å². The number of carbonyl (C=O) groups is 2. The Morgan fingerprint density at radius 1 is 0.492 bits per heavy atom. The Morgan fingerprint density at radius 3 is 1.41 bits per heavy atom. The van der Waals surface area contributed by atoms with Gasteiger partial charge in [0.05, 0.1) is 19.8 Å². The van der Waals surface area contributed by atoms with Crippen LogP contribution in [0.5, 0.6) is 0 Å². The molecule has 2 aliphatic heterocycles. The predicted molar refractivity (Wildman–Crippen MR) is 238 cm³/mol. The lowest BCUT2D eigenvalue weighted by Gasteiger charge is -2.42. The van der Waals surface area contributed by atoms with Crippen LogP contribution in [0.1, 0.15) is 187 Å². The van der Waals surface area contributed by atoms with Gasteiger partial charge in [-0.1, -0.05) is 148 Å². The van der Waals surface area contributed by atoms with Crippen molar-refractivity contribution in [3.63, 3.8) is 0 Å². The molecule has 15 nitrogen and oxygen atoms in total. The highest BCUT2D eigenvalue weighted by Crippen LogP contribution is 2.26. The van der Waals surface area contributed by atoms with Gasteiger partial charge in [-0.05, 0) is 38.5 Å². The lowest BCUT2D eigenvalue weighted by atomic mass is 9.98. The van der Waals surface area contributed by atoms with E-state index in [1.54, 1.807) is 0 Å². The zero-order chi connectivity index (χ0) is 46.1. The predicted octanol–water partition coefficient (Wildman–Crippen LogP) is 6.21. The summed E-state index contributed by atoms with van der Waals surface area (Å²) in [7, 11) is 0. The van der Waals surface area contributed by atoms with Crippen LogP contribution < -0.4 is 0 Å². The molecule has 2 saturated heterocycles. The fraction of sp³-hybridized carbons (Fsp3) is 0.917. The van der Waals surface area contributed by atoms with E-state index in [-0.39, 0.29) is 26.1 Å². The number of aliphatic hydroxyl groups is 7. The summed E-state index contributed by atoms with van der Waals surface area (Å²) in [5, 5.41) is 71.9. The molecule has 0 bridgehead atoms. The molecule has 0 aliphatic carbocycles.